The van der Waals surface area contributed by atoms with Gasteiger partial charge in [-0.3, -0.25) is 9.69 Å². The summed E-state index contributed by atoms with van der Waals surface area (Å²) >= 11 is 0. The number of aryl methyl sites for hydroxylation is 1. The molecule has 3 aromatic carbocycles. The summed E-state index contributed by atoms with van der Waals surface area (Å²) in [6.07, 6.45) is 0. The van der Waals surface area contributed by atoms with Crippen molar-refractivity contribution in [2.24, 2.45) is 0 Å². The fourth-order valence-corrected chi connectivity index (χ4v) is 5.00. The number of aromatic nitrogens is 5. The lowest BCUT2D eigenvalue weighted by Crippen LogP contribution is -2.35. The van der Waals surface area contributed by atoms with Gasteiger partial charge in [-0.05, 0) is 64.5 Å². The van der Waals surface area contributed by atoms with Crippen LogP contribution >= 0.6 is 0 Å². The maximum absolute atomic E-state index is 13.8. The molecule has 40 heavy (non-hydrogen) atoms. The van der Waals surface area contributed by atoms with Crippen LogP contribution in [0.4, 0.5) is 0 Å². The van der Waals surface area contributed by atoms with E-state index in [0.29, 0.717) is 44.2 Å². The Morgan fingerprint density at radius 1 is 0.975 bits per heavy atom. The monoisotopic (exact) mass is 538 g/mol. The van der Waals surface area contributed by atoms with Gasteiger partial charge in [-0.2, -0.15) is 0 Å². The topological polar surface area (TPSA) is 98.2 Å². The number of nitrogens with one attached hydrogen (secondary N) is 1. The van der Waals surface area contributed by atoms with Crippen LogP contribution in [0.2, 0.25) is 0 Å². The summed E-state index contributed by atoms with van der Waals surface area (Å²) in [6, 6.07) is 25.7. The zero-order chi connectivity index (χ0) is 27.9. The minimum absolute atomic E-state index is 0.169. The molecule has 0 amide bonds. The molecule has 0 saturated carbocycles. The van der Waals surface area contributed by atoms with E-state index >= 15 is 0 Å². The van der Waals surface area contributed by atoms with Gasteiger partial charge in [0.1, 0.15) is 11.8 Å². The average Bonchev–Trinajstić information content (AvgIpc) is 3.42. The van der Waals surface area contributed by atoms with Crippen LogP contribution in [0.5, 0.6) is 5.75 Å². The van der Waals surface area contributed by atoms with Crippen LogP contribution < -0.4 is 10.3 Å². The third-order valence-electron chi connectivity index (χ3n) is 6.94. The highest BCUT2D eigenvalue weighted by atomic mass is 16.5. The number of hydrogen-bond acceptors (Lipinski definition) is 7. The van der Waals surface area contributed by atoms with Crippen LogP contribution in [-0.4, -0.2) is 50.4 Å². The molecular weight excluding hydrogens is 504 g/mol. The summed E-state index contributed by atoms with van der Waals surface area (Å²) in [4.78, 5) is 19.1. The number of fused-ring (bicyclic) bond motifs is 1. The predicted octanol–water partition coefficient (Wildman–Crippen LogP) is 4.66. The Hall–Kier alpha value is -4.34. The van der Waals surface area contributed by atoms with Crippen molar-refractivity contribution in [2.45, 2.75) is 39.5 Å². The van der Waals surface area contributed by atoms with Gasteiger partial charge in [-0.25, -0.2) is 4.68 Å². The van der Waals surface area contributed by atoms with Crippen molar-refractivity contribution >= 4 is 10.9 Å². The van der Waals surface area contributed by atoms with Gasteiger partial charge in [-0.15, -0.1) is 5.10 Å². The summed E-state index contributed by atoms with van der Waals surface area (Å²) in [5.74, 6) is 1.40. The number of ether oxygens (including phenoxy) is 2. The van der Waals surface area contributed by atoms with Gasteiger partial charge in [0, 0.05) is 25.8 Å². The molecule has 206 valence electrons. The zero-order valence-corrected chi connectivity index (χ0v) is 23.1. The average molecular weight is 539 g/mol. The highest BCUT2D eigenvalue weighted by Gasteiger charge is 2.31. The third-order valence-corrected chi connectivity index (χ3v) is 6.94. The molecule has 5 rings (SSSR count). The van der Waals surface area contributed by atoms with Crippen molar-refractivity contribution in [1.82, 2.24) is 30.1 Å². The second-order valence-electron chi connectivity index (χ2n) is 9.72. The van der Waals surface area contributed by atoms with Gasteiger partial charge in [0.15, 0.2) is 5.82 Å². The largest absolute Gasteiger partial charge is 0.494 e. The van der Waals surface area contributed by atoms with Crippen LogP contribution in [0.15, 0.2) is 83.7 Å². The lowest BCUT2D eigenvalue weighted by atomic mass is 10.0. The SMILES string of the molecule is CCOc1ccc(CN(Cc2ccccc2)C(c2cc3cccc(C)c3[nH]c2=O)c2nnnn2CCOC)cc1. The Bertz CT molecular complexity index is 1600. The molecular formula is C31H34N6O3. The predicted molar refractivity (Wildman–Crippen MR) is 154 cm³/mol. The molecule has 2 heterocycles. The van der Waals surface area contributed by atoms with Crippen LogP contribution in [-0.2, 0) is 24.4 Å². The Balaban J connectivity index is 1.66. The van der Waals surface area contributed by atoms with Gasteiger partial charge in [0.25, 0.3) is 5.56 Å². The van der Waals surface area contributed by atoms with Crippen molar-refractivity contribution in [2.75, 3.05) is 20.3 Å². The molecule has 9 heteroatoms. The van der Waals surface area contributed by atoms with E-state index in [0.717, 1.165) is 33.3 Å². The molecule has 0 aliphatic carbocycles. The summed E-state index contributed by atoms with van der Waals surface area (Å²) in [7, 11) is 1.64. The summed E-state index contributed by atoms with van der Waals surface area (Å²) in [6.45, 7) is 6.59. The number of hydrogen-bond donors (Lipinski definition) is 1. The summed E-state index contributed by atoms with van der Waals surface area (Å²) in [5, 5.41) is 13.7. The molecule has 1 unspecified atom stereocenters. The quantitative estimate of drug-likeness (QED) is 0.247. The number of nitrogens with zero attached hydrogens (tertiary/aromatic N) is 5. The van der Waals surface area contributed by atoms with Crippen LogP contribution in [0.25, 0.3) is 10.9 Å². The van der Waals surface area contributed by atoms with Gasteiger partial charge >= 0.3 is 0 Å². The molecule has 0 spiro atoms. The van der Waals surface area contributed by atoms with E-state index in [1.165, 1.54) is 0 Å². The van der Waals surface area contributed by atoms with E-state index in [1.807, 2.05) is 68.4 Å². The van der Waals surface area contributed by atoms with E-state index in [2.05, 4.69) is 49.7 Å². The molecule has 5 aromatic rings. The minimum Gasteiger partial charge on any atom is -0.494 e. The van der Waals surface area contributed by atoms with E-state index in [9.17, 15) is 4.79 Å². The van der Waals surface area contributed by atoms with Gasteiger partial charge in [0.2, 0.25) is 0 Å². The number of H-pyrrole nitrogens is 1. The fraction of sp³-hybridized carbons (Fsp3) is 0.290. The van der Waals surface area contributed by atoms with E-state index in [4.69, 9.17) is 9.47 Å². The third kappa shape index (κ3) is 6.11. The number of para-hydroxylation sites is 1. The molecule has 9 nitrogen and oxygen atoms in total. The maximum atomic E-state index is 13.8. The maximum Gasteiger partial charge on any atom is 0.253 e. The smallest absolute Gasteiger partial charge is 0.253 e. The van der Waals surface area contributed by atoms with E-state index in [1.54, 1.807) is 11.8 Å². The summed E-state index contributed by atoms with van der Waals surface area (Å²) < 4.78 is 12.7. The second-order valence-corrected chi connectivity index (χ2v) is 9.72. The molecule has 0 aliphatic heterocycles. The van der Waals surface area contributed by atoms with E-state index < -0.39 is 6.04 Å². The van der Waals surface area contributed by atoms with Crippen LogP contribution in [0, 0.1) is 6.92 Å². The molecule has 1 N–H and O–H groups in total. The van der Waals surface area contributed by atoms with Crippen molar-refractivity contribution in [3.05, 3.63) is 117 Å². The lowest BCUT2D eigenvalue weighted by Gasteiger charge is -2.31. The molecule has 0 aliphatic rings. The lowest BCUT2D eigenvalue weighted by molar-refractivity contribution is 0.169. The van der Waals surface area contributed by atoms with Gasteiger partial charge < -0.3 is 14.5 Å². The van der Waals surface area contributed by atoms with Crippen molar-refractivity contribution in [1.29, 1.82) is 0 Å². The van der Waals surface area contributed by atoms with Crippen molar-refractivity contribution in [3.63, 3.8) is 0 Å². The van der Waals surface area contributed by atoms with Crippen LogP contribution in [0.1, 0.15) is 41.0 Å². The van der Waals surface area contributed by atoms with Crippen molar-refractivity contribution in [3.8, 4) is 5.75 Å². The van der Waals surface area contributed by atoms with Gasteiger partial charge in [0.05, 0.1) is 25.3 Å². The standard InChI is InChI=1S/C31H34N6O3/c1-4-40-26-15-13-24(14-16-26)21-36(20-23-10-6-5-7-11-23)29(30-33-34-35-37(30)17-18-39-3)27-19-25-12-8-9-22(2)28(25)32-31(27)38/h5-16,19,29H,4,17-18,20-21H2,1-3H3,(H,32,38). The molecule has 0 bridgehead atoms. The molecule has 2 aromatic heterocycles. The summed E-state index contributed by atoms with van der Waals surface area (Å²) in [5.41, 5.74) is 4.44. The van der Waals surface area contributed by atoms with E-state index in [-0.39, 0.29) is 5.56 Å². The first-order chi connectivity index (χ1) is 19.6. The highest BCUT2D eigenvalue weighted by Crippen LogP contribution is 2.31. The van der Waals surface area contributed by atoms with Crippen LogP contribution in [0.3, 0.4) is 0 Å². The fourth-order valence-electron chi connectivity index (χ4n) is 5.00. The number of pyridine rings is 1. The number of rotatable bonds is 12. The Morgan fingerprint density at radius 3 is 2.45 bits per heavy atom. The number of benzene rings is 3. The minimum atomic E-state index is -0.535. The van der Waals surface area contributed by atoms with Gasteiger partial charge in [-0.1, -0.05) is 60.7 Å². The Labute approximate surface area is 233 Å². The number of tetrazole rings is 1. The Morgan fingerprint density at radius 2 is 1.73 bits per heavy atom. The molecule has 0 fully saturated rings. The first-order valence-electron chi connectivity index (χ1n) is 13.4. The molecule has 0 saturated heterocycles. The zero-order valence-electron chi connectivity index (χ0n) is 23.1. The molecule has 1 atom stereocenters. The molecule has 0 radical (unpaired) electrons. The first kappa shape index (κ1) is 27.2. The number of methoxy groups -OCH3 is 1. The highest BCUT2D eigenvalue weighted by molar-refractivity contribution is 5.82. The Kier molecular flexibility index (Phi) is 8.63. The normalized spacial score (nSPS) is 12.2. The van der Waals surface area contributed by atoms with Crippen molar-refractivity contribution < 1.29 is 9.47 Å². The number of aromatic amines is 1. The first-order valence-corrected chi connectivity index (χ1v) is 13.4. The second kappa shape index (κ2) is 12.7.